The number of amides is 13. The van der Waals surface area contributed by atoms with Crippen LogP contribution in [-0.4, -0.2) is 147 Å². The number of benzene rings is 5. The molecule has 2 aliphatic carbocycles. The van der Waals surface area contributed by atoms with E-state index in [1.54, 1.807) is 79.1 Å². The number of carboxylic acid groups (broad SMARTS) is 2. The van der Waals surface area contributed by atoms with Crippen LogP contribution >= 0.6 is 23.2 Å². The monoisotopic (exact) mass is 1680 g/mol. The van der Waals surface area contributed by atoms with Crippen molar-refractivity contribution in [1.29, 1.82) is 0 Å². The van der Waals surface area contributed by atoms with Gasteiger partial charge in [-0.2, -0.15) is 0 Å². The largest absolute Gasteiger partial charge is 0.481 e. The third kappa shape index (κ3) is 34.0. The Kier molecular flexibility index (Phi) is 39.1. The van der Waals surface area contributed by atoms with Crippen LogP contribution in [0.25, 0.3) is 11.1 Å². The maximum absolute atomic E-state index is 13.6. The zero-order valence-corrected chi connectivity index (χ0v) is 69.0. The van der Waals surface area contributed by atoms with Crippen LogP contribution < -0.4 is 70.0 Å². The van der Waals surface area contributed by atoms with Crippen LogP contribution in [0.2, 0.25) is 10.0 Å². The average molecular weight is 1680 g/mol. The maximum Gasteiger partial charge on any atom is 0.319 e. The van der Waals surface area contributed by atoms with Crippen LogP contribution in [0.3, 0.4) is 0 Å². The van der Waals surface area contributed by atoms with E-state index in [9.17, 15) is 72.2 Å². The third-order valence-corrected chi connectivity index (χ3v) is 19.4. The highest BCUT2D eigenvalue weighted by atomic mass is 35.5. The highest BCUT2D eigenvalue weighted by Gasteiger charge is 2.37. The fraction of sp³-hybridized carbons (Fsp3) is 0.391. The molecule has 119 heavy (non-hydrogen) atoms. The number of carboxylic acids is 2. The van der Waals surface area contributed by atoms with Crippen molar-refractivity contribution in [1.82, 2.24) is 47.5 Å². The topological polar surface area (TPSA) is 477 Å². The minimum Gasteiger partial charge on any atom is -0.481 e. The molecule has 0 spiro atoms. The molecule has 17 N–H and O–H groups in total. The van der Waals surface area contributed by atoms with E-state index in [-0.39, 0.29) is 88.5 Å². The lowest BCUT2D eigenvalue weighted by molar-refractivity contribution is -0.140. The number of aryl methyl sites for hydroxylation is 1. The number of aliphatic carboxylic acids is 2. The van der Waals surface area contributed by atoms with Crippen molar-refractivity contribution in [3.63, 3.8) is 0 Å². The zero-order chi connectivity index (χ0) is 86.9. The van der Waals surface area contributed by atoms with Crippen LogP contribution in [0.15, 0.2) is 158 Å². The van der Waals surface area contributed by atoms with E-state index in [1.165, 1.54) is 6.92 Å². The Morgan fingerprint density at radius 2 is 0.941 bits per heavy atom. The lowest BCUT2D eigenvalue weighted by Gasteiger charge is -2.29. The van der Waals surface area contributed by atoms with Gasteiger partial charge in [0, 0.05) is 77.6 Å². The van der Waals surface area contributed by atoms with Gasteiger partial charge >= 0.3 is 24.0 Å². The number of nitrogens with one attached hydrogen (secondary N) is 11. The number of halogens is 2. The number of primary amides is 2. The van der Waals surface area contributed by atoms with Crippen molar-refractivity contribution in [2.75, 3.05) is 29.0 Å². The number of anilines is 3. The number of pyridine rings is 1. The number of ketones is 1. The number of urea groups is 2. The first-order chi connectivity index (χ1) is 55.8. The molecule has 2 aliphatic rings. The number of carbonyl (C=O) groups is 14. The Labute approximate surface area is 703 Å². The molecule has 0 aliphatic heterocycles. The first-order valence-corrected chi connectivity index (χ1v) is 39.3. The molecular formula is C87H110Cl2N14O16. The smallest absolute Gasteiger partial charge is 0.319 e. The highest BCUT2D eigenvalue weighted by molar-refractivity contribution is 6.31. The van der Waals surface area contributed by atoms with E-state index in [1.807, 2.05) is 134 Å². The molecule has 0 fully saturated rings. The number of fused-ring (bicyclic) bond motifs is 2. The summed E-state index contributed by atoms with van der Waals surface area (Å²) >= 11 is 11.8. The molecule has 13 amide bonds. The van der Waals surface area contributed by atoms with Crippen molar-refractivity contribution in [2.24, 2.45) is 40.6 Å². The number of Topliss-reactive ketones (excluding diaryl/α,β-unsaturated/α-hetero) is 1. The number of rotatable bonds is 38. The van der Waals surface area contributed by atoms with Crippen LogP contribution in [0.5, 0.6) is 0 Å². The van der Waals surface area contributed by atoms with Gasteiger partial charge in [-0.1, -0.05) is 164 Å². The van der Waals surface area contributed by atoms with E-state index in [4.69, 9.17) is 39.8 Å². The second-order valence-electron chi connectivity index (χ2n) is 30.7. The molecule has 0 bridgehead atoms. The summed E-state index contributed by atoms with van der Waals surface area (Å²) in [7, 11) is 0. The summed E-state index contributed by atoms with van der Waals surface area (Å²) in [5.74, 6) is -9.42. The van der Waals surface area contributed by atoms with Crippen molar-refractivity contribution < 1.29 is 77.3 Å². The van der Waals surface area contributed by atoms with Crippen molar-refractivity contribution in [3.05, 3.63) is 201 Å². The SMILES string of the molecule is C.CC(C)CC(NC(=O)C(C)NC(=O)Nc1ccc(Cl)cc1)C(=O)NC(CC1=CCc2ccccc21)C(=O)NC(CC(=O)O)C(N)=O.CC(C)CC(NC(=O)Nc1ccc(Cl)cc1)C(=O)NC(CC1=CCc2ccccc21)C(=O)NCCC(=O)O.Cc1ccc(NC(=O)CC(C(=O)NCC(=O)CC(Cc2cccnc2)C(N)=O)C(C)(C)C)cc1. The van der Waals surface area contributed by atoms with Crippen LogP contribution in [0.1, 0.15) is 148 Å². The zero-order valence-electron chi connectivity index (χ0n) is 67.4. The Hall–Kier alpha value is -12.3. The molecule has 6 aromatic rings. The minimum absolute atomic E-state index is 0. The number of hydrogen-bond donors (Lipinski definition) is 15. The Balaban J connectivity index is 0.000000320. The van der Waals surface area contributed by atoms with Crippen molar-refractivity contribution in [2.45, 2.75) is 177 Å². The summed E-state index contributed by atoms with van der Waals surface area (Å²) in [6.45, 7) is 16.3. The first-order valence-electron chi connectivity index (χ1n) is 38.6. The van der Waals surface area contributed by atoms with Gasteiger partial charge in [0.25, 0.3) is 0 Å². The molecule has 1 heterocycles. The van der Waals surface area contributed by atoms with Crippen molar-refractivity contribution >= 4 is 134 Å². The lowest BCUT2D eigenvalue weighted by atomic mass is 9.78. The average Bonchev–Trinajstić information content (AvgIpc) is 1.71. The van der Waals surface area contributed by atoms with E-state index in [2.05, 4.69) is 63.5 Å². The molecule has 32 heteroatoms. The van der Waals surface area contributed by atoms with Gasteiger partial charge in [0.1, 0.15) is 36.3 Å². The fourth-order valence-corrected chi connectivity index (χ4v) is 12.9. The molecular weight excluding hydrogens is 1570 g/mol. The summed E-state index contributed by atoms with van der Waals surface area (Å²) in [6.07, 6.45) is 8.56. The molecule has 5 aromatic carbocycles. The molecule has 8 rings (SSSR count). The molecule has 638 valence electrons. The van der Waals surface area contributed by atoms with Gasteiger partial charge in [-0.05, 0) is 169 Å². The summed E-state index contributed by atoms with van der Waals surface area (Å²) in [5, 5.41) is 48.2. The van der Waals surface area contributed by atoms with Gasteiger partial charge in [-0.3, -0.25) is 62.5 Å². The number of aromatic nitrogens is 1. The van der Waals surface area contributed by atoms with Crippen LogP contribution in [-0.2, 0) is 76.8 Å². The molecule has 0 saturated heterocycles. The molecule has 8 unspecified atom stereocenters. The van der Waals surface area contributed by atoms with Gasteiger partial charge in [-0.15, -0.1) is 0 Å². The normalized spacial score (nSPS) is 13.7. The molecule has 0 saturated carbocycles. The quantitative estimate of drug-likeness (QED) is 0.0171. The fourth-order valence-electron chi connectivity index (χ4n) is 12.7. The van der Waals surface area contributed by atoms with Crippen LogP contribution in [0, 0.1) is 36.0 Å². The summed E-state index contributed by atoms with van der Waals surface area (Å²) in [6, 6.07) is 31.4. The maximum atomic E-state index is 13.6. The number of carbonyl (C=O) groups excluding carboxylic acids is 12. The third-order valence-electron chi connectivity index (χ3n) is 18.9. The number of nitrogens with zero attached hydrogens (tertiary/aromatic N) is 1. The predicted octanol–water partition coefficient (Wildman–Crippen LogP) is 9.76. The van der Waals surface area contributed by atoms with E-state index < -0.39 is 125 Å². The molecule has 30 nitrogen and oxygen atoms in total. The number of allylic oxidation sites excluding steroid dienone is 2. The summed E-state index contributed by atoms with van der Waals surface area (Å²) < 4.78 is 0. The van der Waals surface area contributed by atoms with Crippen molar-refractivity contribution in [3.8, 4) is 0 Å². The predicted molar refractivity (Wildman–Crippen MR) is 457 cm³/mol. The standard InChI is InChI=1S/C32H39ClN6O7.C28H33ClN4O5.C26H34N4O4.CH4/c1-17(2)14-25(38-29(43)18(3)35-32(46)36-22-12-10-21(33)11-13-22)30(44)39-26(31(45)37-24(28(34)42)16-27(40)41)15-20-9-8-19-6-4-5-7-23(19)20;1-17(2)15-23(33-28(38)31-21-11-9-20(29)10-12-21)27(37)32-24(26(36)30-14-13-25(34)35)16-19-8-7-18-5-3-4-6-22(18)19;1-17-7-9-20(10-8-17)30-23(32)14-22(26(2,3)4)25(34)29-16-21(31)13-19(24(27)33)12-18-6-5-11-28-15-18;/h4-7,9-13,17-18,24-26H,8,14-16H2,1-3H3,(H2,34,42)(H,37,45)(H,38,43)(H,39,44)(H,40,41)(H2,35,36,46);3-6,8-12,17,23-24H,7,13-16H2,1-2H3,(H,30,36)(H,32,37)(H,34,35)(H2,31,33,38);5-11,15,19,22H,12-14,16H2,1-4H3,(H2,27,33)(H,29,34)(H,30,32);1H4. The number of hydrogen-bond acceptors (Lipinski definition) is 15. The first kappa shape index (κ1) is 97.3. The summed E-state index contributed by atoms with van der Waals surface area (Å²) in [5.41, 5.74) is 19.6. The van der Waals surface area contributed by atoms with Gasteiger partial charge in [0.15, 0.2) is 5.78 Å². The number of nitrogens with two attached hydrogens (primary N) is 2. The Morgan fingerprint density at radius 3 is 1.41 bits per heavy atom. The lowest BCUT2D eigenvalue weighted by Crippen LogP contribution is -2.58. The highest BCUT2D eigenvalue weighted by Crippen LogP contribution is 2.33. The molecule has 8 atom stereocenters. The van der Waals surface area contributed by atoms with Crippen LogP contribution in [0.4, 0.5) is 26.7 Å². The van der Waals surface area contributed by atoms with Gasteiger partial charge in [0.2, 0.25) is 53.2 Å². The minimum atomic E-state index is -1.51. The summed E-state index contributed by atoms with van der Waals surface area (Å²) in [4.78, 5) is 180. The van der Waals surface area contributed by atoms with E-state index >= 15 is 0 Å². The Morgan fingerprint density at radius 1 is 0.479 bits per heavy atom. The second kappa shape index (κ2) is 47.8. The van der Waals surface area contributed by atoms with Gasteiger partial charge < -0.3 is 80.2 Å². The van der Waals surface area contributed by atoms with Gasteiger partial charge in [0.05, 0.1) is 25.3 Å². The molecule has 0 radical (unpaired) electrons. The Bertz CT molecular complexity index is 4590. The molecule has 1 aromatic heterocycles. The van der Waals surface area contributed by atoms with E-state index in [0.717, 1.165) is 50.9 Å². The van der Waals surface area contributed by atoms with Gasteiger partial charge in [-0.25, -0.2) is 9.59 Å². The second-order valence-corrected chi connectivity index (χ2v) is 31.5. The van der Waals surface area contributed by atoms with E-state index in [0.29, 0.717) is 46.4 Å².